The van der Waals surface area contributed by atoms with Crippen LogP contribution in [0.15, 0.2) is 35.4 Å². The topological polar surface area (TPSA) is 86.1 Å². The lowest BCUT2D eigenvalue weighted by Gasteiger charge is -2.18. The van der Waals surface area contributed by atoms with Crippen LogP contribution in [0.5, 0.6) is 0 Å². The fourth-order valence-electron chi connectivity index (χ4n) is 2.01. The van der Waals surface area contributed by atoms with Gasteiger partial charge in [-0.1, -0.05) is 35.4 Å². The van der Waals surface area contributed by atoms with Crippen LogP contribution in [0.1, 0.15) is 18.4 Å². The average Bonchev–Trinajstić information content (AvgIpc) is 2.37. The first kappa shape index (κ1) is 16.8. The summed E-state index contributed by atoms with van der Waals surface area (Å²) < 4.78 is 37.1. The summed E-state index contributed by atoms with van der Waals surface area (Å²) in [5, 5.41) is 12.2. The number of rotatable bonds is 7. The highest BCUT2D eigenvalue weighted by atomic mass is 19.4. The van der Waals surface area contributed by atoms with Gasteiger partial charge in [-0.2, -0.15) is 13.2 Å². The molecule has 0 aromatic heterocycles. The molecule has 21 heavy (non-hydrogen) atoms. The third kappa shape index (κ3) is 6.67. The summed E-state index contributed by atoms with van der Waals surface area (Å²) in [5.74, 6) is -2.25. The number of azide groups is 1. The van der Waals surface area contributed by atoms with Crippen LogP contribution in [0, 0.1) is 5.92 Å². The zero-order chi connectivity index (χ0) is 15.9. The molecular formula is C13H14F3N3O2. The molecule has 0 radical (unpaired) electrons. The van der Waals surface area contributed by atoms with E-state index in [4.69, 9.17) is 10.6 Å². The summed E-state index contributed by atoms with van der Waals surface area (Å²) >= 11 is 0. The van der Waals surface area contributed by atoms with Gasteiger partial charge < -0.3 is 5.11 Å². The molecule has 0 amide bonds. The van der Waals surface area contributed by atoms with Crippen LogP contribution >= 0.6 is 0 Å². The van der Waals surface area contributed by atoms with Gasteiger partial charge in [-0.25, -0.2) is 0 Å². The summed E-state index contributed by atoms with van der Waals surface area (Å²) in [5.41, 5.74) is 9.02. The Morgan fingerprint density at radius 3 is 2.43 bits per heavy atom. The first-order chi connectivity index (χ1) is 9.81. The third-order valence-electron chi connectivity index (χ3n) is 2.91. The summed E-state index contributed by atoms with van der Waals surface area (Å²) in [4.78, 5) is 13.6. The number of carboxylic acid groups (broad SMARTS) is 1. The molecular weight excluding hydrogens is 287 g/mol. The van der Waals surface area contributed by atoms with E-state index < -0.39 is 30.5 Å². The molecule has 0 saturated carbocycles. The van der Waals surface area contributed by atoms with Crippen molar-refractivity contribution >= 4 is 5.97 Å². The Morgan fingerprint density at radius 1 is 1.33 bits per heavy atom. The Morgan fingerprint density at radius 2 is 1.95 bits per heavy atom. The van der Waals surface area contributed by atoms with Crippen molar-refractivity contribution in [2.75, 3.05) is 0 Å². The smallest absolute Gasteiger partial charge is 0.389 e. The molecule has 5 nitrogen and oxygen atoms in total. The van der Waals surface area contributed by atoms with Gasteiger partial charge in [0.1, 0.15) is 0 Å². The van der Waals surface area contributed by atoms with Crippen molar-refractivity contribution < 1.29 is 23.1 Å². The van der Waals surface area contributed by atoms with Gasteiger partial charge >= 0.3 is 12.1 Å². The number of carbonyl (C=O) groups is 1. The van der Waals surface area contributed by atoms with E-state index in [0.29, 0.717) is 5.56 Å². The van der Waals surface area contributed by atoms with Crippen molar-refractivity contribution in [3.8, 4) is 0 Å². The average molecular weight is 301 g/mol. The molecule has 114 valence electrons. The van der Waals surface area contributed by atoms with Crippen molar-refractivity contribution in [3.05, 3.63) is 46.3 Å². The molecule has 0 saturated heterocycles. The number of hydrogen-bond donors (Lipinski definition) is 1. The van der Waals surface area contributed by atoms with E-state index >= 15 is 0 Å². The Hall–Kier alpha value is -2.21. The van der Waals surface area contributed by atoms with Gasteiger partial charge in [0, 0.05) is 11.0 Å². The van der Waals surface area contributed by atoms with Gasteiger partial charge in [0.25, 0.3) is 0 Å². The van der Waals surface area contributed by atoms with Crippen molar-refractivity contribution in [3.63, 3.8) is 0 Å². The molecule has 1 rings (SSSR count). The van der Waals surface area contributed by atoms with Crippen molar-refractivity contribution in [2.45, 2.75) is 31.5 Å². The van der Waals surface area contributed by atoms with E-state index in [0.717, 1.165) is 0 Å². The van der Waals surface area contributed by atoms with Crippen molar-refractivity contribution in [1.29, 1.82) is 0 Å². The van der Waals surface area contributed by atoms with Gasteiger partial charge in [0.05, 0.1) is 12.3 Å². The van der Waals surface area contributed by atoms with E-state index in [1.807, 2.05) is 0 Å². The zero-order valence-electron chi connectivity index (χ0n) is 11.0. The SMILES string of the molecule is [N-]=[N+]=NC(CC(Cc1ccccc1)C(=O)O)CC(F)(F)F. The van der Waals surface area contributed by atoms with Crippen LogP contribution in [0.4, 0.5) is 13.2 Å². The molecule has 0 fully saturated rings. The number of benzene rings is 1. The molecule has 2 unspecified atom stereocenters. The summed E-state index contributed by atoms with van der Waals surface area (Å²) in [7, 11) is 0. The summed E-state index contributed by atoms with van der Waals surface area (Å²) in [6.07, 6.45) is -6.09. The summed E-state index contributed by atoms with van der Waals surface area (Å²) in [6.45, 7) is 0. The second-order valence-electron chi connectivity index (χ2n) is 4.64. The molecule has 1 aromatic carbocycles. The van der Waals surface area contributed by atoms with Crippen LogP contribution in [-0.2, 0) is 11.2 Å². The maximum Gasteiger partial charge on any atom is 0.389 e. The van der Waals surface area contributed by atoms with Crippen molar-refractivity contribution in [2.24, 2.45) is 11.0 Å². The lowest BCUT2D eigenvalue weighted by Crippen LogP contribution is -2.25. The molecule has 0 spiro atoms. The van der Waals surface area contributed by atoms with E-state index in [2.05, 4.69) is 10.0 Å². The number of nitrogens with zero attached hydrogens (tertiary/aromatic N) is 3. The van der Waals surface area contributed by atoms with Gasteiger partial charge in [0.2, 0.25) is 0 Å². The number of carboxylic acids is 1. The Labute approximate surface area is 119 Å². The van der Waals surface area contributed by atoms with Crippen LogP contribution < -0.4 is 0 Å². The fourth-order valence-corrected chi connectivity index (χ4v) is 2.01. The van der Waals surface area contributed by atoms with E-state index in [-0.39, 0.29) is 12.8 Å². The molecule has 0 aliphatic carbocycles. The van der Waals surface area contributed by atoms with Gasteiger partial charge in [-0.05, 0) is 23.9 Å². The first-order valence-electron chi connectivity index (χ1n) is 6.19. The molecule has 0 aliphatic rings. The highest BCUT2D eigenvalue weighted by Crippen LogP contribution is 2.27. The maximum absolute atomic E-state index is 12.4. The standard InChI is InChI=1S/C13H14F3N3O2/c14-13(15,16)8-11(18-19-17)7-10(12(20)21)6-9-4-2-1-3-5-9/h1-5,10-11H,6-8H2,(H,20,21). The predicted molar refractivity (Wildman–Crippen MR) is 69.5 cm³/mol. The van der Waals surface area contributed by atoms with E-state index in [1.54, 1.807) is 30.3 Å². The quantitative estimate of drug-likeness (QED) is 0.469. The molecule has 8 heteroatoms. The van der Waals surface area contributed by atoms with E-state index in [1.165, 1.54) is 0 Å². The van der Waals surface area contributed by atoms with Gasteiger partial charge in [0.15, 0.2) is 0 Å². The first-order valence-corrected chi connectivity index (χ1v) is 6.19. The minimum absolute atomic E-state index is 0.0888. The number of alkyl halides is 3. The fraction of sp³-hybridized carbons (Fsp3) is 0.462. The van der Waals surface area contributed by atoms with Gasteiger partial charge in [-0.15, -0.1) is 0 Å². The minimum Gasteiger partial charge on any atom is -0.481 e. The monoisotopic (exact) mass is 301 g/mol. The van der Waals surface area contributed by atoms with Crippen molar-refractivity contribution in [1.82, 2.24) is 0 Å². The zero-order valence-corrected chi connectivity index (χ0v) is 11.0. The number of hydrogen-bond acceptors (Lipinski definition) is 2. The second-order valence-corrected chi connectivity index (χ2v) is 4.64. The molecule has 0 aliphatic heterocycles. The Balaban J connectivity index is 2.80. The minimum atomic E-state index is -4.51. The Bertz CT molecular complexity index is 513. The predicted octanol–water partition coefficient (Wildman–Crippen LogP) is 3.95. The molecule has 2 atom stereocenters. The van der Waals surface area contributed by atoms with Crippen LogP contribution in [0.25, 0.3) is 10.4 Å². The van der Waals surface area contributed by atoms with Crippen LogP contribution in [0.3, 0.4) is 0 Å². The maximum atomic E-state index is 12.4. The highest BCUT2D eigenvalue weighted by Gasteiger charge is 2.33. The largest absolute Gasteiger partial charge is 0.481 e. The molecule has 1 aromatic rings. The van der Waals surface area contributed by atoms with E-state index in [9.17, 15) is 18.0 Å². The number of aliphatic carboxylic acids is 1. The second kappa shape index (κ2) is 7.54. The lowest BCUT2D eigenvalue weighted by molar-refractivity contribution is -0.146. The van der Waals surface area contributed by atoms with Crippen LogP contribution in [0.2, 0.25) is 0 Å². The number of halogens is 3. The molecule has 1 N–H and O–H groups in total. The summed E-state index contributed by atoms with van der Waals surface area (Å²) in [6, 6.07) is 7.17. The highest BCUT2D eigenvalue weighted by molar-refractivity contribution is 5.70. The van der Waals surface area contributed by atoms with Crippen LogP contribution in [-0.4, -0.2) is 23.3 Å². The normalized spacial score (nSPS) is 14.0. The lowest BCUT2D eigenvalue weighted by atomic mass is 9.92. The Kier molecular flexibility index (Phi) is 6.05. The molecule has 0 bridgehead atoms. The van der Waals surface area contributed by atoms with Gasteiger partial charge in [-0.3, -0.25) is 4.79 Å². The molecule has 0 heterocycles. The third-order valence-corrected chi connectivity index (χ3v) is 2.91.